The molecule has 1 atom stereocenters. The Morgan fingerprint density at radius 1 is 1.31 bits per heavy atom. The maximum atomic E-state index is 9.14. The van der Waals surface area contributed by atoms with Gasteiger partial charge >= 0.3 is 0 Å². The van der Waals surface area contributed by atoms with Crippen LogP contribution in [0, 0.1) is 12.8 Å². The van der Waals surface area contributed by atoms with Crippen LogP contribution in [0.25, 0.3) is 0 Å². The van der Waals surface area contributed by atoms with Gasteiger partial charge in [-0.15, -0.1) is 0 Å². The molecule has 90 valence electrons. The van der Waals surface area contributed by atoms with E-state index in [0.717, 1.165) is 12.2 Å². The van der Waals surface area contributed by atoms with Crippen molar-refractivity contribution in [2.45, 2.75) is 33.1 Å². The van der Waals surface area contributed by atoms with Gasteiger partial charge in [-0.2, -0.15) is 0 Å². The van der Waals surface area contributed by atoms with Crippen molar-refractivity contribution < 1.29 is 9.84 Å². The molecule has 0 aromatic heterocycles. The summed E-state index contributed by atoms with van der Waals surface area (Å²) < 4.78 is 5.40. The summed E-state index contributed by atoms with van der Waals surface area (Å²) in [4.78, 5) is 0. The van der Waals surface area contributed by atoms with Gasteiger partial charge in [-0.25, -0.2) is 0 Å². The fraction of sp³-hybridized carbons (Fsp3) is 0.571. The Morgan fingerprint density at radius 2 is 2.00 bits per heavy atom. The van der Waals surface area contributed by atoms with Gasteiger partial charge in [-0.05, 0) is 36.8 Å². The molecule has 2 nitrogen and oxygen atoms in total. The molecule has 0 spiro atoms. The van der Waals surface area contributed by atoms with Gasteiger partial charge in [-0.1, -0.05) is 31.5 Å². The lowest BCUT2D eigenvalue weighted by atomic mass is 9.85. The summed E-state index contributed by atoms with van der Waals surface area (Å²) >= 11 is 0. The third kappa shape index (κ3) is 2.99. The van der Waals surface area contributed by atoms with Crippen molar-refractivity contribution in [1.29, 1.82) is 0 Å². The first kappa shape index (κ1) is 13.0. The summed E-state index contributed by atoms with van der Waals surface area (Å²) in [6.45, 7) is 6.67. The Labute approximate surface area is 98.3 Å². The summed E-state index contributed by atoms with van der Waals surface area (Å²) in [6, 6.07) is 6.23. The molecule has 0 aliphatic carbocycles. The number of ether oxygens (including phenoxy) is 1. The lowest BCUT2D eigenvalue weighted by Crippen LogP contribution is -2.10. The van der Waals surface area contributed by atoms with Crippen LogP contribution in [0.1, 0.15) is 37.3 Å². The van der Waals surface area contributed by atoms with E-state index in [1.807, 2.05) is 6.07 Å². The standard InChI is InChI=1S/C14H22O2/c1-10(2)12(7-8-15)13-9-11(3)5-6-14(13)16-4/h5-6,9-10,12,15H,7-8H2,1-4H3. The maximum Gasteiger partial charge on any atom is 0.122 e. The Kier molecular flexibility index (Phi) is 4.81. The zero-order valence-electron chi connectivity index (χ0n) is 10.7. The molecule has 0 amide bonds. The minimum atomic E-state index is 0.222. The highest BCUT2D eigenvalue weighted by atomic mass is 16.5. The molecular formula is C14H22O2. The van der Waals surface area contributed by atoms with Gasteiger partial charge in [0, 0.05) is 6.61 Å². The van der Waals surface area contributed by atoms with E-state index < -0.39 is 0 Å². The van der Waals surface area contributed by atoms with Crippen LogP contribution in [0.2, 0.25) is 0 Å². The molecule has 1 rings (SSSR count). The first-order chi connectivity index (χ1) is 7.60. The van der Waals surface area contributed by atoms with E-state index in [1.54, 1.807) is 7.11 Å². The maximum absolute atomic E-state index is 9.14. The van der Waals surface area contributed by atoms with Crippen molar-refractivity contribution in [2.24, 2.45) is 5.92 Å². The van der Waals surface area contributed by atoms with Crippen LogP contribution < -0.4 is 4.74 Å². The molecule has 0 aliphatic heterocycles. The van der Waals surface area contributed by atoms with E-state index in [4.69, 9.17) is 9.84 Å². The summed E-state index contributed by atoms with van der Waals surface area (Å²) in [5.41, 5.74) is 2.45. The molecule has 0 heterocycles. The predicted molar refractivity (Wildman–Crippen MR) is 67.0 cm³/mol. The Bertz CT molecular complexity index is 332. The molecule has 0 aliphatic rings. The molecule has 0 radical (unpaired) electrons. The summed E-state index contributed by atoms with van der Waals surface area (Å²) in [5.74, 6) is 1.79. The Balaban J connectivity index is 3.10. The average Bonchev–Trinajstić information content (AvgIpc) is 2.25. The summed E-state index contributed by atoms with van der Waals surface area (Å²) in [6.07, 6.45) is 0.789. The second-order valence-corrected chi connectivity index (χ2v) is 4.61. The van der Waals surface area contributed by atoms with Crippen LogP contribution in [0.4, 0.5) is 0 Å². The number of aliphatic hydroxyl groups is 1. The molecule has 0 saturated carbocycles. The van der Waals surface area contributed by atoms with Crippen molar-refractivity contribution in [3.63, 3.8) is 0 Å². The normalized spacial score (nSPS) is 12.9. The highest BCUT2D eigenvalue weighted by Gasteiger charge is 2.19. The number of methoxy groups -OCH3 is 1. The minimum Gasteiger partial charge on any atom is -0.496 e. The average molecular weight is 222 g/mol. The molecule has 1 unspecified atom stereocenters. The molecule has 1 aromatic carbocycles. The number of benzene rings is 1. The van der Waals surface area contributed by atoms with Crippen molar-refractivity contribution in [3.8, 4) is 5.75 Å². The smallest absolute Gasteiger partial charge is 0.122 e. The fourth-order valence-corrected chi connectivity index (χ4v) is 2.13. The van der Waals surface area contributed by atoms with Crippen molar-refractivity contribution in [2.75, 3.05) is 13.7 Å². The molecule has 1 N–H and O–H groups in total. The quantitative estimate of drug-likeness (QED) is 0.829. The largest absolute Gasteiger partial charge is 0.496 e. The fourth-order valence-electron chi connectivity index (χ4n) is 2.13. The Hall–Kier alpha value is -1.02. The minimum absolute atomic E-state index is 0.222. The molecule has 16 heavy (non-hydrogen) atoms. The van der Waals surface area contributed by atoms with Crippen LogP contribution in [0.5, 0.6) is 5.75 Å². The molecular weight excluding hydrogens is 200 g/mol. The van der Waals surface area contributed by atoms with Crippen LogP contribution >= 0.6 is 0 Å². The second-order valence-electron chi connectivity index (χ2n) is 4.61. The van der Waals surface area contributed by atoms with E-state index >= 15 is 0 Å². The lowest BCUT2D eigenvalue weighted by molar-refractivity contribution is 0.259. The van der Waals surface area contributed by atoms with E-state index in [1.165, 1.54) is 11.1 Å². The number of rotatable bonds is 5. The van der Waals surface area contributed by atoms with E-state index in [0.29, 0.717) is 11.8 Å². The lowest BCUT2D eigenvalue weighted by Gasteiger charge is -2.23. The van der Waals surface area contributed by atoms with Gasteiger partial charge in [0.15, 0.2) is 0 Å². The molecule has 2 heteroatoms. The number of hydrogen-bond donors (Lipinski definition) is 1. The first-order valence-electron chi connectivity index (χ1n) is 5.85. The number of aryl methyl sites for hydroxylation is 1. The first-order valence-corrected chi connectivity index (χ1v) is 5.85. The van der Waals surface area contributed by atoms with Gasteiger partial charge in [0.1, 0.15) is 5.75 Å². The van der Waals surface area contributed by atoms with Gasteiger partial charge in [-0.3, -0.25) is 0 Å². The van der Waals surface area contributed by atoms with E-state index in [9.17, 15) is 0 Å². The number of aliphatic hydroxyl groups excluding tert-OH is 1. The van der Waals surface area contributed by atoms with Crippen LogP contribution in [0.15, 0.2) is 18.2 Å². The molecule has 0 saturated heterocycles. The van der Waals surface area contributed by atoms with E-state index in [-0.39, 0.29) is 6.61 Å². The van der Waals surface area contributed by atoms with Gasteiger partial charge < -0.3 is 9.84 Å². The van der Waals surface area contributed by atoms with Crippen molar-refractivity contribution in [3.05, 3.63) is 29.3 Å². The van der Waals surface area contributed by atoms with Gasteiger partial charge in [0.2, 0.25) is 0 Å². The van der Waals surface area contributed by atoms with Gasteiger partial charge in [0.25, 0.3) is 0 Å². The van der Waals surface area contributed by atoms with Crippen LogP contribution in [-0.2, 0) is 0 Å². The SMILES string of the molecule is COc1ccc(C)cc1C(CCO)C(C)C. The zero-order chi connectivity index (χ0) is 12.1. The Morgan fingerprint density at radius 3 is 2.50 bits per heavy atom. The highest BCUT2D eigenvalue weighted by molar-refractivity contribution is 5.39. The van der Waals surface area contributed by atoms with Crippen molar-refractivity contribution >= 4 is 0 Å². The monoisotopic (exact) mass is 222 g/mol. The van der Waals surface area contributed by atoms with E-state index in [2.05, 4.69) is 32.9 Å². The third-order valence-electron chi connectivity index (χ3n) is 3.03. The zero-order valence-corrected chi connectivity index (χ0v) is 10.7. The molecule has 0 fully saturated rings. The van der Waals surface area contributed by atoms with Crippen LogP contribution in [-0.4, -0.2) is 18.8 Å². The molecule has 0 bridgehead atoms. The highest BCUT2D eigenvalue weighted by Crippen LogP contribution is 2.34. The number of hydrogen-bond acceptors (Lipinski definition) is 2. The topological polar surface area (TPSA) is 29.5 Å². The summed E-state index contributed by atoms with van der Waals surface area (Å²) in [5, 5.41) is 9.14. The third-order valence-corrected chi connectivity index (χ3v) is 3.03. The predicted octanol–water partition coefficient (Wildman–Crippen LogP) is 3.13. The second kappa shape index (κ2) is 5.90. The molecule has 1 aromatic rings. The van der Waals surface area contributed by atoms with Crippen LogP contribution in [0.3, 0.4) is 0 Å². The van der Waals surface area contributed by atoms with Crippen molar-refractivity contribution in [1.82, 2.24) is 0 Å². The summed E-state index contributed by atoms with van der Waals surface area (Å²) in [7, 11) is 1.70. The van der Waals surface area contributed by atoms with Gasteiger partial charge in [0.05, 0.1) is 7.11 Å².